The third-order valence-electron chi connectivity index (χ3n) is 5.53. The standard InChI is InChI=1S/C26H24FN5O3S/c1-3-16-30(2)25(33)20-6-4-18(5-7-20)17-36-26-29-28-24(19-8-12-23(13-9-19)32(34)35)31(26)22-14-10-21(27)11-15-22/h4-15H,3,16-17H2,1-2H3. The molecule has 8 nitrogen and oxygen atoms in total. The Bertz CT molecular complexity index is 1360. The maximum atomic E-state index is 13.6. The molecule has 3 aromatic carbocycles. The fourth-order valence-corrected chi connectivity index (χ4v) is 4.56. The predicted molar refractivity (Wildman–Crippen MR) is 137 cm³/mol. The van der Waals surface area contributed by atoms with E-state index in [1.807, 2.05) is 31.2 Å². The van der Waals surface area contributed by atoms with Gasteiger partial charge in [-0.25, -0.2) is 4.39 Å². The van der Waals surface area contributed by atoms with E-state index >= 15 is 0 Å². The molecule has 0 aliphatic heterocycles. The first-order valence-corrected chi connectivity index (χ1v) is 12.3. The molecule has 0 radical (unpaired) electrons. The topological polar surface area (TPSA) is 94.2 Å². The van der Waals surface area contributed by atoms with E-state index in [1.165, 1.54) is 36.0 Å². The molecule has 0 spiro atoms. The Hall–Kier alpha value is -4.05. The van der Waals surface area contributed by atoms with Gasteiger partial charge in [0.2, 0.25) is 0 Å². The maximum Gasteiger partial charge on any atom is 0.269 e. The van der Waals surface area contributed by atoms with Gasteiger partial charge in [-0.3, -0.25) is 19.5 Å². The lowest BCUT2D eigenvalue weighted by Gasteiger charge is -2.16. The van der Waals surface area contributed by atoms with Crippen molar-refractivity contribution >= 4 is 23.4 Å². The van der Waals surface area contributed by atoms with Gasteiger partial charge in [-0.05, 0) is 60.5 Å². The molecule has 0 unspecified atom stereocenters. The Labute approximate surface area is 211 Å². The smallest absolute Gasteiger partial charge is 0.269 e. The second kappa shape index (κ2) is 11.1. The van der Waals surface area contributed by atoms with Crippen LogP contribution in [-0.2, 0) is 5.75 Å². The van der Waals surface area contributed by atoms with Crippen LogP contribution in [0.1, 0.15) is 29.3 Å². The number of halogens is 1. The first-order valence-electron chi connectivity index (χ1n) is 11.3. The molecule has 184 valence electrons. The monoisotopic (exact) mass is 505 g/mol. The number of hydrogen-bond acceptors (Lipinski definition) is 6. The van der Waals surface area contributed by atoms with Crippen molar-refractivity contribution in [3.63, 3.8) is 0 Å². The SMILES string of the molecule is CCCN(C)C(=O)c1ccc(CSc2nnc(-c3ccc([N+](=O)[O-])cc3)n2-c2ccc(F)cc2)cc1. The zero-order valence-corrected chi connectivity index (χ0v) is 20.6. The number of non-ortho nitro benzene ring substituents is 1. The summed E-state index contributed by atoms with van der Waals surface area (Å²) >= 11 is 1.44. The molecule has 0 saturated heterocycles. The van der Waals surface area contributed by atoms with E-state index in [4.69, 9.17) is 0 Å². The number of nitro groups is 1. The number of hydrogen-bond donors (Lipinski definition) is 0. The summed E-state index contributed by atoms with van der Waals surface area (Å²) in [6, 6.07) is 19.5. The van der Waals surface area contributed by atoms with Crippen LogP contribution in [0.15, 0.2) is 78.0 Å². The minimum atomic E-state index is -0.462. The number of carbonyl (C=O) groups excluding carboxylic acids is 1. The van der Waals surface area contributed by atoms with Gasteiger partial charge in [0, 0.05) is 48.3 Å². The van der Waals surface area contributed by atoms with Crippen LogP contribution < -0.4 is 0 Å². The predicted octanol–water partition coefficient (Wildman–Crippen LogP) is 5.76. The van der Waals surface area contributed by atoms with Crippen LogP contribution in [0.5, 0.6) is 0 Å². The zero-order chi connectivity index (χ0) is 25.7. The molecule has 1 heterocycles. The summed E-state index contributed by atoms with van der Waals surface area (Å²) in [6.45, 7) is 2.73. The van der Waals surface area contributed by atoms with Gasteiger partial charge in [0.05, 0.1) is 4.92 Å². The number of aromatic nitrogens is 3. The average Bonchev–Trinajstić information content (AvgIpc) is 3.32. The van der Waals surface area contributed by atoms with Crippen LogP contribution in [0.2, 0.25) is 0 Å². The first-order chi connectivity index (χ1) is 17.4. The summed E-state index contributed by atoms with van der Waals surface area (Å²) in [5.74, 6) is 0.676. The number of nitrogens with zero attached hydrogens (tertiary/aromatic N) is 5. The highest BCUT2D eigenvalue weighted by molar-refractivity contribution is 7.98. The maximum absolute atomic E-state index is 13.6. The van der Waals surface area contributed by atoms with E-state index in [1.54, 1.807) is 40.8 Å². The Morgan fingerprint density at radius 2 is 1.69 bits per heavy atom. The van der Waals surface area contributed by atoms with E-state index < -0.39 is 4.92 Å². The van der Waals surface area contributed by atoms with Crippen LogP contribution >= 0.6 is 11.8 Å². The van der Waals surface area contributed by atoms with E-state index in [0.717, 1.165) is 12.0 Å². The molecule has 0 fully saturated rings. The largest absolute Gasteiger partial charge is 0.342 e. The van der Waals surface area contributed by atoms with E-state index in [-0.39, 0.29) is 17.4 Å². The van der Waals surface area contributed by atoms with Crippen molar-refractivity contribution < 1.29 is 14.1 Å². The first kappa shape index (κ1) is 25.1. The molecule has 0 N–H and O–H groups in total. The molecule has 0 aliphatic carbocycles. The molecule has 4 rings (SSSR count). The van der Waals surface area contributed by atoms with Crippen molar-refractivity contribution in [1.82, 2.24) is 19.7 Å². The van der Waals surface area contributed by atoms with Crippen molar-refractivity contribution in [1.29, 1.82) is 0 Å². The second-order valence-corrected chi connectivity index (χ2v) is 9.08. The highest BCUT2D eigenvalue weighted by Crippen LogP contribution is 2.30. The quantitative estimate of drug-likeness (QED) is 0.163. The fraction of sp³-hybridized carbons (Fsp3) is 0.192. The zero-order valence-electron chi connectivity index (χ0n) is 19.8. The van der Waals surface area contributed by atoms with Crippen molar-refractivity contribution in [2.75, 3.05) is 13.6 Å². The van der Waals surface area contributed by atoms with Gasteiger partial charge in [0.15, 0.2) is 11.0 Å². The lowest BCUT2D eigenvalue weighted by molar-refractivity contribution is -0.384. The van der Waals surface area contributed by atoms with Crippen molar-refractivity contribution in [2.45, 2.75) is 24.3 Å². The summed E-state index contributed by atoms with van der Waals surface area (Å²) < 4.78 is 15.4. The molecular formula is C26H24FN5O3S. The van der Waals surface area contributed by atoms with Crippen LogP contribution in [0.4, 0.5) is 10.1 Å². The van der Waals surface area contributed by atoms with Crippen LogP contribution in [0.25, 0.3) is 17.1 Å². The van der Waals surface area contributed by atoms with Crippen molar-refractivity contribution in [2.24, 2.45) is 0 Å². The third-order valence-corrected chi connectivity index (χ3v) is 6.53. The van der Waals surface area contributed by atoms with Gasteiger partial charge in [0.1, 0.15) is 5.82 Å². The second-order valence-electron chi connectivity index (χ2n) is 8.13. The molecular weight excluding hydrogens is 481 g/mol. The number of nitro benzene ring substituents is 1. The third kappa shape index (κ3) is 5.60. The average molecular weight is 506 g/mol. The van der Waals surface area contributed by atoms with Crippen molar-refractivity contribution in [3.8, 4) is 17.1 Å². The molecule has 4 aromatic rings. The van der Waals surface area contributed by atoms with Crippen LogP contribution in [0.3, 0.4) is 0 Å². The summed E-state index contributed by atoms with van der Waals surface area (Å²) in [6.07, 6.45) is 0.896. The molecule has 10 heteroatoms. The summed E-state index contributed by atoms with van der Waals surface area (Å²) in [5, 5.41) is 20.3. The van der Waals surface area contributed by atoms with E-state index in [0.29, 0.717) is 40.1 Å². The minimum Gasteiger partial charge on any atom is -0.342 e. The van der Waals surface area contributed by atoms with Gasteiger partial charge in [0.25, 0.3) is 11.6 Å². The summed E-state index contributed by atoms with van der Waals surface area (Å²) in [5.41, 5.74) is 2.92. The molecule has 36 heavy (non-hydrogen) atoms. The number of benzene rings is 3. The molecule has 0 atom stereocenters. The van der Waals surface area contributed by atoms with E-state index in [9.17, 15) is 19.3 Å². The van der Waals surface area contributed by atoms with Gasteiger partial charge in [-0.2, -0.15) is 0 Å². The Morgan fingerprint density at radius 3 is 2.31 bits per heavy atom. The normalized spacial score (nSPS) is 10.9. The summed E-state index contributed by atoms with van der Waals surface area (Å²) in [7, 11) is 1.79. The Kier molecular flexibility index (Phi) is 7.74. The number of thioether (sulfide) groups is 1. The molecule has 0 saturated carbocycles. The molecule has 1 aromatic heterocycles. The Balaban J connectivity index is 1.59. The van der Waals surface area contributed by atoms with E-state index in [2.05, 4.69) is 10.2 Å². The lowest BCUT2D eigenvalue weighted by atomic mass is 10.1. The number of amides is 1. The number of carbonyl (C=O) groups is 1. The Morgan fingerprint density at radius 1 is 1.03 bits per heavy atom. The van der Waals surface area contributed by atoms with Gasteiger partial charge in [-0.1, -0.05) is 30.8 Å². The van der Waals surface area contributed by atoms with Gasteiger partial charge in [-0.15, -0.1) is 10.2 Å². The molecule has 0 aliphatic rings. The molecule has 0 bridgehead atoms. The van der Waals surface area contributed by atoms with Crippen LogP contribution in [0, 0.1) is 15.9 Å². The van der Waals surface area contributed by atoms with Crippen molar-refractivity contribution in [3.05, 3.63) is 99.9 Å². The highest BCUT2D eigenvalue weighted by atomic mass is 32.2. The number of rotatable bonds is 9. The lowest BCUT2D eigenvalue weighted by Crippen LogP contribution is -2.27. The molecule has 1 amide bonds. The van der Waals surface area contributed by atoms with Gasteiger partial charge >= 0.3 is 0 Å². The van der Waals surface area contributed by atoms with Crippen LogP contribution in [-0.4, -0.2) is 44.1 Å². The summed E-state index contributed by atoms with van der Waals surface area (Å²) in [4.78, 5) is 24.7. The highest BCUT2D eigenvalue weighted by Gasteiger charge is 2.18. The van der Waals surface area contributed by atoms with Gasteiger partial charge < -0.3 is 4.90 Å². The minimum absolute atomic E-state index is 0.0140. The fourth-order valence-electron chi connectivity index (χ4n) is 3.65.